The molecule has 18 heavy (non-hydrogen) atoms. The first-order valence-corrected chi connectivity index (χ1v) is 5.88. The molecule has 0 aliphatic rings. The number of aliphatic carboxylic acids is 1. The molecule has 0 aliphatic heterocycles. The number of carboxylic acids is 1. The fraction of sp³-hybridized carbons (Fsp3) is 0.417. The summed E-state index contributed by atoms with van der Waals surface area (Å²) in [6.45, 7) is 2.50. The minimum atomic E-state index is -3.28. The highest BCUT2D eigenvalue weighted by molar-refractivity contribution is 6.42. The van der Waals surface area contributed by atoms with Crippen LogP contribution in [0, 0.1) is 5.41 Å². The lowest BCUT2D eigenvalue weighted by molar-refractivity contribution is -0.153. The molecule has 0 unspecified atom stereocenters. The van der Waals surface area contributed by atoms with Crippen LogP contribution in [0.25, 0.3) is 0 Å². The maximum Gasteiger partial charge on any atom is 0.309 e. The Hall–Kier alpha value is -0.870. The monoisotopic (exact) mass is 296 g/mol. The summed E-state index contributed by atoms with van der Waals surface area (Å²) in [7, 11) is 0. The maximum atomic E-state index is 14.0. The van der Waals surface area contributed by atoms with Crippen molar-refractivity contribution in [2.45, 2.75) is 26.2 Å². The molecule has 2 nitrogen and oxygen atoms in total. The van der Waals surface area contributed by atoms with E-state index in [4.69, 9.17) is 28.3 Å². The topological polar surface area (TPSA) is 37.3 Å². The van der Waals surface area contributed by atoms with E-state index in [-0.39, 0.29) is 15.6 Å². The van der Waals surface area contributed by atoms with E-state index >= 15 is 0 Å². The van der Waals surface area contributed by atoms with E-state index in [0.717, 1.165) is 12.1 Å². The average Bonchev–Trinajstić information content (AvgIpc) is 2.20. The molecule has 0 atom stereocenters. The van der Waals surface area contributed by atoms with Gasteiger partial charge in [0.25, 0.3) is 5.92 Å². The van der Waals surface area contributed by atoms with Crippen LogP contribution in [0.15, 0.2) is 18.2 Å². The average molecular weight is 297 g/mol. The molecule has 0 bridgehead atoms. The Bertz CT molecular complexity index is 473. The highest BCUT2D eigenvalue weighted by Crippen LogP contribution is 2.41. The summed E-state index contributed by atoms with van der Waals surface area (Å²) in [6, 6.07) is 3.47. The van der Waals surface area contributed by atoms with E-state index in [1.54, 1.807) is 0 Å². The van der Waals surface area contributed by atoms with E-state index in [1.165, 1.54) is 19.9 Å². The number of hydrogen-bond acceptors (Lipinski definition) is 1. The van der Waals surface area contributed by atoms with Gasteiger partial charge in [0.2, 0.25) is 0 Å². The predicted molar refractivity (Wildman–Crippen MR) is 66.4 cm³/mol. The molecule has 0 spiro atoms. The van der Waals surface area contributed by atoms with Crippen LogP contribution in [0.3, 0.4) is 0 Å². The Morgan fingerprint density at radius 1 is 1.28 bits per heavy atom. The number of benzene rings is 1. The van der Waals surface area contributed by atoms with Crippen LogP contribution in [0.4, 0.5) is 8.78 Å². The molecule has 0 radical (unpaired) electrons. The Morgan fingerprint density at radius 3 is 2.28 bits per heavy atom. The third-order valence-corrected chi connectivity index (χ3v) is 3.32. The number of halogens is 4. The molecule has 0 amide bonds. The van der Waals surface area contributed by atoms with Gasteiger partial charge in [-0.1, -0.05) is 29.3 Å². The first-order valence-electron chi connectivity index (χ1n) is 5.13. The summed E-state index contributed by atoms with van der Waals surface area (Å²) in [5.41, 5.74) is -1.87. The van der Waals surface area contributed by atoms with Crippen molar-refractivity contribution in [1.82, 2.24) is 0 Å². The lowest BCUT2D eigenvalue weighted by Gasteiger charge is -2.26. The summed E-state index contributed by atoms with van der Waals surface area (Å²) in [5, 5.41) is 9.06. The largest absolute Gasteiger partial charge is 0.481 e. The van der Waals surface area contributed by atoms with Crippen molar-refractivity contribution in [1.29, 1.82) is 0 Å². The number of alkyl halides is 2. The first kappa shape index (κ1) is 15.2. The van der Waals surface area contributed by atoms with Crippen LogP contribution >= 0.6 is 23.2 Å². The second-order valence-corrected chi connectivity index (χ2v) is 5.51. The molecular formula is C12H12Cl2F2O2. The number of carbonyl (C=O) groups is 1. The Morgan fingerprint density at radius 2 is 1.83 bits per heavy atom. The Labute approximate surface area is 114 Å². The molecule has 1 N–H and O–H groups in total. The van der Waals surface area contributed by atoms with Gasteiger partial charge in [-0.3, -0.25) is 4.79 Å². The third kappa shape index (κ3) is 3.33. The quantitative estimate of drug-likeness (QED) is 0.882. The molecule has 0 fully saturated rings. The van der Waals surface area contributed by atoms with Gasteiger partial charge in [0.1, 0.15) is 0 Å². The van der Waals surface area contributed by atoms with Crippen molar-refractivity contribution >= 4 is 29.2 Å². The highest BCUT2D eigenvalue weighted by Gasteiger charge is 2.42. The molecule has 6 heteroatoms. The molecule has 1 aromatic rings. The Kier molecular flexibility index (Phi) is 4.23. The van der Waals surface area contributed by atoms with Crippen LogP contribution < -0.4 is 0 Å². The molecule has 0 saturated heterocycles. The first-order chi connectivity index (χ1) is 8.06. The van der Waals surface area contributed by atoms with Crippen molar-refractivity contribution in [3.05, 3.63) is 33.8 Å². The molecule has 0 aliphatic carbocycles. The summed E-state index contributed by atoms with van der Waals surface area (Å²) >= 11 is 11.3. The standard InChI is InChI=1S/C12H12Cl2F2O2/c1-11(2,10(17)18)6-12(15,16)7-3-4-8(13)9(14)5-7/h3-5H,6H2,1-2H3,(H,17,18). The van der Waals surface area contributed by atoms with Gasteiger partial charge in [0.05, 0.1) is 15.5 Å². The van der Waals surface area contributed by atoms with Gasteiger partial charge in [0, 0.05) is 12.0 Å². The number of rotatable bonds is 4. The van der Waals surface area contributed by atoms with Gasteiger partial charge in [-0.25, -0.2) is 8.78 Å². The van der Waals surface area contributed by atoms with E-state index in [1.807, 2.05) is 0 Å². The molecule has 0 heterocycles. The SMILES string of the molecule is CC(C)(CC(F)(F)c1ccc(Cl)c(Cl)c1)C(=O)O. The fourth-order valence-electron chi connectivity index (χ4n) is 1.46. The maximum absolute atomic E-state index is 14.0. The molecule has 100 valence electrons. The summed E-state index contributed by atoms with van der Waals surface area (Å²) in [5.74, 6) is -4.56. The summed E-state index contributed by atoms with van der Waals surface area (Å²) in [6.07, 6.45) is -0.812. The van der Waals surface area contributed by atoms with Crippen LogP contribution in [-0.4, -0.2) is 11.1 Å². The van der Waals surface area contributed by atoms with Crippen molar-refractivity contribution < 1.29 is 18.7 Å². The van der Waals surface area contributed by atoms with E-state index < -0.39 is 23.7 Å². The lowest BCUT2D eigenvalue weighted by atomic mass is 9.84. The molecule has 0 aromatic heterocycles. The van der Waals surface area contributed by atoms with Crippen LogP contribution in [0.1, 0.15) is 25.8 Å². The Balaban J connectivity index is 3.06. The molecular weight excluding hydrogens is 285 g/mol. The zero-order chi connectivity index (χ0) is 14.1. The van der Waals surface area contributed by atoms with Gasteiger partial charge < -0.3 is 5.11 Å². The summed E-state index contributed by atoms with van der Waals surface area (Å²) < 4.78 is 27.9. The van der Waals surface area contributed by atoms with Gasteiger partial charge in [-0.05, 0) is 26.0 Å². The molecule has 1 aromatic carbocycles. The predicted octanol–water partition coefficient (Wildman–Crippen LogP) is 4.59. The van der Waals surface area contributed by atoms with Crippen LogP contribution in [-0.2, 0) is 10.7 Å². The molecule has 1 rings (SSSR count). The smallest absolute Gasteiger partial charge is 0.309 e. The van der Waals surface area contributed by atoms with Gasteiger partial charge in [-0.2, -0.15) is 0 Å². The lowest BCUT2D eigenvalue weighted by Crippen LogP contribution is -2.31. The van der Waals surface area contributed by atoms with Crippen LogP contribution in [0.2, 0.25) is 10.0 Å². The van der Waals surface area contributed by atoms with Gasteiger partial charge in [0.15, 0.2) is 0 Å². The highest BCUT2D eigenvalue weighted by atomic mass is 35.5. The van der Waals surface area contributed by atoms with Crippen molar-refractivity contribution in [2.75, 3.05) is 0 Å². The minimum absolute atomic E-state index is 0.0157. The minimum Gasteiger partial charge on any atom is -0.481 e. The van der Waals surface area contributed by atoms with Crippen LogP contribution in [0.5, 0.6) is 0 Å². The van der Waals surface area contributed by atoms with Gasteiger partial charge >= 0.3 is 5.97 Å². The van der Waals surface area contributed by atoms with E-state index in [0.29, 0.717) is 0 Å². The second kappa shape index (κ2) is 5.02. The number of hydrogen-bond donors (Lipinski definition) is 1. The second-order valence-electron chi connectivity index (χ2n) is 4.70. The van der Waals surface area contributed by atoms with E-state index in [9.17, 15) is 13.6 Å². The fourth-order valence-corrected chi connectivity index (χ4v) is 1.75. The van der Waals surface area contributed by atoms with Gasteiger partial charge in [-0.15, -0.1) is 0 Å². The zero-order valence-corrected chi connectivity index (χ0v) is 11.3. The normalized spacial score (nSPS) is 12.6. The third-order valence-electron chi connectivity index (χ3n) is 2.58. The number of carboxylic acid groups (broad SMARTS) is 1. The van der Waals surface area contributed by atoms with Crippen molar-refractivity contribution in [3.8, 4) is 0 Å². The van der Waals surface area contributed by atoms with Crippen molar-refractivity contribution in [2.24, 2.45) is 5.41 Å². The summed E-state index contributed by atoms with van der Waals surface area (Å²) in [4.78, 5) is 10.9. The molecule has 0 saturated carbocycles. The zero-order valence-electron chi connectivity index (χ0n) is 9.81. The van der Waals surface area contributed by atoms with E-state index in [2.05, 4.69) is 0 Å². The van der Waals surface area contributed by atoms with Crippen molar-refractivity contribution in [3.63, 3.8) is 0 Å².